The van der Waals surface area contributed by atoms with Crippen molar-refractivity contribution in [3.05, 3.63) is 29.3 Å². The lowest BCUT2D eigenvalue weighted by molar-refractivity contribution is 0.0737. The summed E-state index contributed by atoms with van der Waals surface area (Å²) in [5, 5.41) is 9.74. The molecule has 0 radical (unpaired) electrons. The van der Waals surface area contributed by atoms with E-state index in [0.29, 0.717) is 18.7 Å². The van der Waals surface area contributed by atoms with Crippen molar-refractivity contribution < 1.29 is 9.90 Å². The van der Waals surface area contributed by atoms with Crippen LogP contribution >= 0.6 is 12.4 Å². The molecule has 0 aliphatic heterocycles. The Labute approximate surface area is 121 Å². The molecule has 0 bridgehead atoms. The molecule has 0 saturated heterocycles. The summed E-state index contributed by atoms with van der Waals surface area (Å²) in [5.74, 6) is -0.166. The summed E-state index contributed by atoms with van der Waals surface area (Å²) >= 11 is 0. The summed E-state index contributed by atoms with van der Waals surface area (Å²) in [6, 6.07) is 5.02. The maximum absolute atomic E-state index is 12.2. The topological polar surface area (TPSA) is 66.6 Å². The molecule has 0 aliphatic carbocycles. The first-order valence-corrected chi connectivity index (χ1v) is 6.02. The van der Waals surface area contributed by atoms with E-state index in [2.05, 4.69) is 0 Å². The van der Waals surface area contributed by atoms with Crippen molar-refractivity contribution in [2.24, 2.45) is 11.1 Å². The van der Waals surface area contributed by atoms with Gasteiger partial charge in [0.25, 0.3) is 5.91 Å². The van der Waals surface area contributed by atoms with E-state index >= 15 is 0 Å². The van der Waals surface area contributed by atoms with Gasteiger partial charge >= 0.3 is 0 Å². The van der Waals surface area contributed by atoms with E-state index < -0.39 is 0 Å². The Kier molecular flexibility index (Phi) is 6.33. The molecular formula is C14H23ClN2O2. The van der Waals surface area contributed by atoms with E-state index in [1.54, 1.807) is 30.1 Å². The third kappa shape index (κ3) is 4.73. The molecule has 0 unspecified atom stereocenters. The number of hydrogen-bond acceptors (Lipinski definition) is 3. The maximum atomic E-state index is 12.2. The number of aromatic hydroxyl groups is 1. The number of halogens is 1. The minimum absolute atomic E-state index is 0. The Morgan fingerprint density at radius 3 is 2.53 bits per heavy atom. The fourth-order valence-corrected chi connectivity index (χ4v) is 1.81. The zero-order valence-corrected chi connectivity index (χ0v) is 12.8. The van der Waals surface area contributed by atoms with Crippen LogP contribution in [0.3, 0.4) is 0 Å². The number of benzene rings is 1. The van der Waals surface area contributed by atoms with Crippen molar-refractivity contribution in [1.82, 2.24) is 4.90 Å². The summed E-state index contributed by atoms with van der Waals surface area (Å²) in [4.78, 5) is 13.8. The number of phenols is 1. The van der Waals surface area contributed by atoms with Crippen LogP contribution in [0.25, 0.3) is 0 Å². The standard InChI is InChI=1S/C14H22N2O2.ClH/c1-10-5-6-12(17)11(7-10)13(18)16(4)9-14(2,3)8-15;/h5-7,17H,8-9,15H2,1-4H3;1H. The summed E-state index contributed by atoms with van der Waals surface area (Å²) in [5.41, 5.74) is 6.81. The van der Waals surface area contributed by atoms with Crippen molar-refractivity contribution >= 4 is 18.3 Å². The van der Waals surface area contributed by atoms with Gasteiger partial charge in [-0.1, -0.05) is 25.5 Å². The summed E-state index contributed by atoms with van der Waals surface area (Å²) in [6.07, 6.45) is 0. The molecule has 3 N–H and O–H groups in total. The van der Waals surface area contributed by atoms with E-state index in [9.17, 15) is 9.90 Å². The molecule has 1 amide bonds. The van der Waals surface area contributed by atoms with Gasteiger partial charge in [-0.25, -0.2) is 0 Å². The molecule has 0 aliphatic rings. The molecule has 19 heavy (non-hydrogen) atoms. The highest BCUT2D eigenvalue weighted by Crippen LogP contribution is 2.21. The third-order valence-electron chi connectivity index (χ3n) is 2.95. The second-order valence-corrected chi connectivity index (χ2v) is 5.55. The van der Waals surface area contributed by atoms with E-state index in [1.807, 2.05) is 20.8 Å². The van der Waals surface area contributed by atoms with Crippen molar-refractivity contribution in [2.45, 2.75) is 20.8 Å². The van der Waals surface area contributed by atoms with E-state index in [-0.39, 0.29) is 29.5 Å². The fraction of sp³-hybridized carbons (Fsp3) is 0.500. The van der Waals surface area contributed by atoms with Crippen LogP contribution in [0.15, 0.2) is 18.2 Å². The van der Waals surface area contributed by atoms with Crippen LogP contribution in [0.1, 0.15) is 29.8 Å². The van der Waals surface area contributed by atoms with Gasteiger partial charge in [0.05, 0.1) is 5.56 Å². The Hall–Kier alpha value is -1.26. The predicted molar refractivity (Wildman–Crippen MR) is 79.9 cm³/mol. The molecule has 108 valence electrons. The first-order chi connectivity index (χ1) is 8.26. The van der Waals surface area contributed by atoms with Gasteiger partial charge in [-0.2, -0.15) is 0 Å². The highest BCUT2D eigenvalue weighted by atomic mass is 35.5. The molecule has 1 aromatic rings. The quantitative estimate of drug-likeness (QED) is 0.891. The predicted octanol–water partition coefficient (Wildman–Crippen LogP) is 2.18. The van der Waals surface area contributed by atoms with Crippen LogP contribution in [-0.4, -0.2) is 36.1 Å². The average Bonchev–Trinajstić information content (AvgIpc) is 2.31. The molecule has 4 nitrogen and oxygen atoms in total. The zero-order valence-electron chi connectivity index (χ0n) is 11.9. The molecule has 0 heterocycles. The number of hydrogen-bond donors (Lipinski definition) is 2. The Morgan fingerprint density at radius 2 is 2.00 bits per heavy atom. The molecule has 1 aromatic carbocycles. The monoisotopic (exact) mass is 286 g/mol. The number of carbonyl (C=O) groups excluding carboxylic acids is 1. The molecule has 5 heteroatoms. The smallest absolute Gasteiger partial charge is 0.257 e. The largest absolute Gasteiger partial charge is 0.507 e. The van der Waals surface area contributed by atoms with Gasteiger partial charge in [-0.3, -0.25) is 4.79 Å². The lowest BCUT2D eigenvalue weighted by Gasteiger charge is -2.29. The first kappa shape index (κ1) is 17.7. The second-order valence-electron chi connectivity index (χ2n) is 5.55. The minimum Gasteiger partial charge on any atom is -0.507 e. The SMILES string of the molecule is Cc1ccc(O)c(C(=O)N(C)CC(C)(C)CN)c1.Cl. The number of nitrogens with two attached hydrogens (primary N) is 1. The van der Waals surface area contributed by atoms with Crippen LogP contribution in [0.4, 0.5) is 0 Å². The molecule has 0 atom stereocenters. The Bertz CT molecular complexity index is 447. The van der Waals surface area contributed by atoms with Gasteiger partial charge in [-0.05, 0) is 31.0 Å². The van der Waals surface area contributed by atoms with E-state index in [0.717, 1.165) is 5.56 Å². The van der Waals surface area contributed by atoms with E-state index in [4.69, 9.17) is 5.73 Å². The van der Waals surface area contributed by atoms with Crippen molar-refractivity contribution in [2.75, 3.05) is 20.1 Å². The van der Waals surface area contributed by atoms with Crippen LogP contribution in [0, 0.1) is 12.3 Å². The fourth-order valence-electron chi connectivity index (χ4n) is 1.81. The van der Waals surface area contributed by atoms with Crippen LogP contribution in [0.2, 0.25) is 0 Å². The Morgan fingerprint density at radius 1 is 1.42 bits per heavy atom. The van der Waals surface area contributed by atoms with E-state index in [1.165, 1.54) is 0 Å². The van der Waals surface area contributed by atoms with Gasteiger partial charge in [-0.15, -0.1) is 12.4 Å². The highest BCUT2D eigenvalue weighted by Gasteiger charge is 2.23. The molecule has 0 fully saturated rings. The number of aryl methyl sites for hydroxylation is 1. The zero-order chi connectivity index (χ0) is 13.9. The minimum atomic E-state index is -0.183. The lowest BCUT2D eigenvalue weighted by Crippen LogP contribution is -2.39. The molecular weight excluding hydrogens is 264 g/mol. The molecule has 1 rings (SSSR count). The van der Waals surface area contributed by atoms with Gasteiger partial charge in [0, 0.05) is 13.6 Å². The van der Waals surface area contributed by atoms with Gasteiger partial charge in [0.15, 0.2) is 0 Å². The number of carbonyl (C=O) groups is 1. The Balaban J connectivity index is 0.00000324. The molecule has 0 aromatic heterocycles. The summed E-state index contributed by atoms with van der Waals surface area (Å²) in [7, 11) is 1.72. The maximum Gasteiger partial charge on any atom is 0.257 e. The number of phenolic OH excluding ortho intramolecular Hbond substituents is 1. The third-order valence-corrected chi connectivity index (χ3v) is 2.95. The van der Waals surface area contributed by atoms with Crippen molar-refractivity contribution in [1.29, 1.82) is 0 Å². The molecule has 0 spiro atoms. The number of nitrogens with zero attached hydrogens (tertiary/aromatic N) is 1. The molecule has 0 saturated carbocycles. The summed E-state index contributed by atoms with van der Waals surface area (Å²) < 4.78 is 0. The van der Waals surface area contributed by atoms with Crippen LogP contribution in [-0.2, 0) is 0 Å². The normalized spacial score (nSPS) is 10.8. The summed E-state index contributed by atoms with van der Waals surface area (Å²) in [6.45, 7) is 6.96. The average molecular weight is 287 g/mol. The highest BCUT2D eigenvalue weighted by molar-refractivity contribution is 5.96. The van der Waals surface area contributed by atoms with Crippen LogP contribution < -0.4 is 5.73 Å². The van der Waals surface area contributed by atoms with Gasteiger partial charge in [0.2, 0.25) is 0 Å². The van der Waals surface area contributed by atoms with Gasteiger partial charge in [0.1, 0.15) is 5.75 Å². The van der Waals surface area contributed by atoms with Gasteiger partial charge < -0.3 is 15.7 Å². The van der Waals surface area contributed by atoms with Crippen LogP contribution in [0.5, 0.6) is 5.75 Å². The second kappa shape index (κ2) is 6.78. The van der Waals surface area contributed by atoms with Crippen molar-refractivity contribution in [3.63, 3.8) is 0 Å². The van der Waals surface area contributed by atoms with Crippen molar-refractivity contribution in [3.8, 4) is 5.75 Å². The lowest BCUT2D eigenvalue weighted by atomic mass is 9.93. The first-order valence-electron chi connectivity index (χ1n) is 6.02. The number of amides is 1. The number of rotatable bonds is 4.